The number of thiazole rings is 1. The lowest BCUT2D eigenvalue weighted by molar-refractivity contribution is 0.102. The summed E-state index contributed by atoms with van der Waals surface area (Å²) in [5.41, 5.74) is 4.07. The van der Waals surface area contributed by atoms with Crippen LogP contribution in [-0.2, 0) is 19.5 Å². The summed E-state index contributed by atoms with van der Waals surface area (Å²) >= 11 is 1.44. The van der Waals surface area contributed by atoms with Gasteiger partial charge in [-0.15, -0.1) is 11.3 Å². The predicted octanol–water partition coefficient (Wildman–Crippen LogP) is 5.15. The number of carbonyl (C=O) groups is 1. The first-order chi connectivity index (χ1) is 16.6. The number of fused-ring (bicyclic) bond motifs is 1. The van der Waals surface area contributed by atoms with E-state index in [4.69, 9.17) is 14.2 Å². The molecule has 0 radical (unpaired) electrons. The zero-order valence-electron chi connectivity index (χ0n) is 19.9. The number of nitrogens with zero attached hydrogens (tertiary/aromatic N) is 2. The zero-order valence-corrected chi connectivity index (χ0v) is 20.7. The number of benzene rings is 2. The van der Waals surface area contributed by atoms with E-state index in [2.05, 4.69) is 34.3 Å². The molecule has 3 aromatic rings. The van der Waals surface area contributed by atoms with Gasteiger partial charge in [0.1, 0.15) is 5.75 Å². The maximum Gasteiger partial charge on any atom is 0.257 e. The molecule has 0 bridgehead atoms. The number of ether oxygens (including phenoxy) is 3. The lowest BCUT2D eigenvalue weighted by Gasteiger charge is -2.29. The van der Waals surface area contributed by atoms with Crippen LogP contribution >= 0.6 is 11.3 Å². The molecule has 1 aromatic heterocycles. The lowest BCUT2D eigenvalue weighted by Crippen LogP contribution is -2.30. The van der Waals surface area contributed by atoms with Gasteiger partial charge in [-0.2, -0.15) is 0 Å². The van der Waals surface area contributed by atoms with Crippen molar-refractivity contribution in [3.05, 3.63) is 64.2 Å². The first-order valence-electron chi connectivity index (χ1n) is 11.5. The van der Waals surface area contributed by atoms with Crippen molar-refractivity contribution in [1.29, 1.82) is 0 Å². The molecular formula is C26H31N3O4S. The van der Waals surface area contributed by atoms with Crippen LogP contribution in [-0.4, -0.2) is 43.2 Å². The topological polar surface area (TPSA) is 72.9 Å². The van der Waals surface area contributed by atoms with E-state index in [9.17, 15) is 4.79 Å². The molecule has 180 valence electrons. The minimum Gasteiger partial charge on any atom is -0.494 e. The number of anilines is 1. The summed E-state index contributed by atoms with van der Waals surface area (Å²) in [4.78, 5) is 19.6. The van der Waals surface area contributed by atoms with Crippen molar-refractivity contribution in [1.82, 2.24) is 9.88 Å². The molecule has 0 atom stereocenters. The molecule has 2 aromatic carbocycles. The van der Waals surface area contributed by atoms with Crippen molar-refractivity contribution < 1.29 is 19.0 Å². The second-order valence-corrected chi connectivity index (χ2v) is 9.12. The molecule has 7 nitrogen and oxygen atoms in total. The van der Waals surface area contributed by atoms with Gasteiger partial charge in [0.05, 0.1) is 26.5 Å². The average molecular weight is 482 g/mol. The second-order valence-electron chi connectivity index (χ2n) is 8.26. The van der Waals surface area contributed by atoms with Gasteiger partial charge in [0.15, 0.2) is 16.6 Å². The number of methoxy groups -OCH3 is 2. The Bertz CT molecular complexity index is 1110. The van der Waals surface area contributed by atoms with Gasteiger partial charge in [0.2, 0.25) is 0 Å². The van der Waals surface area contributed by atoms with E-state index >= 15 is 0 Å². The van der Waals surface area contributed by atoms with Crippen LogP contribution in [0.3, 0.4) is 0 Å². The zero-order chi connectivity index (χ0) is 23.9. The van der Waals surface area contributed by atoms with Gasteiger partial charge in [-0.1, -0.05) is 13.3 Å². The van der Waals surface area contributed by atoms with Crippen LogP contribution < -0.4 is 19.5 Å². The van der Waals surface area contributed by atoms with Crippen molar-refractivity contribution in [2.45, 2.75) is 39.3 Å². The Morgan fingerprint density at radius 3 is 2.56 bits per heavy atom. The fourth-order valence-corrected chi connectivity index (χ4v) is 4.65. The van der Waals surface area contributed by atoms with Gasteiger partial charge >= 0.3 is 0 Å². The number of unbranched alkanes of at least 4 members (excludes halogenated alkanes) is 1. The molecule has 1 N–H and O–H groups in total. The number of hydrogen-bond donors (Lipinski definition) is 1. The van der Waals surface area contributed by atoms with Crippen molar-refractivity contribution in [2.75, 3.05) is 32.7 Å². The van der Waals surface area contributed by atoms with E-state index in [1.54, 1.807) is 26.4 Å². The van der Waals surface area contributed by atoms with Gasteiger partial charge in [-0.25, -0.2) is 4.98 Å². The Balaban J connectivity index is 1.33. The number of aromatic nitrogens is 1. The lowest BCUT2D eigenvalue weighted by atomic mass is 9.98. The SMILES string of the molecule is CCCCOc1ccc(C(=O)Nc2nc(CN3CCc4cc(OC)c(OC)cc4C3)cs2)cc1. The largest absolute Gasteiger partial charge is 0.494 e. The molecule has 0 saturated carbocycles. The number of rotatable bonds is 10. The van der Waals surface area contributed by atoms with Gasteiger partial charge in [0.25, 0.3) is 5.91 Å². The van der Waals surface area contributed by atoms with E-state index in [1.165, 1.54) is 22.5 Å². The average Bonchev–Trinajstić information content (AvgIpc) is 3.30. The van der Waals surface area contributed by atoms with Crippen molar-refractivity contribution >= 4 is 22.4 Å². The van der Waals surface area contributed by atoms with Crippen LogP contribution in [0.5, 0.6) is 17.2 Å². The number of hydrogen-bond acceptors (Lipinski definition) is 7. The molecule has 0 unspecified atom stereocenters. The monoisotopic (exact) mass is 481 g/mol. The van der Waals surface area contributed by atoms with Crippen molar-refractivity contribution in [2.24, 2.45) is 0 Å². The summed E-state index contributed by atoms with van der Waals surface area (Å²) in [6, 6.07) is 11.4. The van der Waals surface area contributed by atoms with Gasteiger partial charge in [-0.05, 0) is 60.4 Å². The Hall–Kier alpha value is -3.10. The van der Waals surface area contributed by atoms with Crippen molar-refractivity contribution in [3.63, 3.8) is 0 Å². The maximum atomic E-state index is 12.6. The number of amides is 1. The Morgan fingerprint density at radius 2 is 1.85 bits per heavy atom. The van der Waals surface area contributed by atoms with E-state index in [0.29, 0.717) is 17.3 Å². The van der Waals surface area contributed by atoms with Crippen LogP contribution in [0.2, 0.25) is 0 Å². The smallest absolute Gasteiger partial charge is 0.257 e. The standard InChI is InChI=1S/C26H31N3O4S/c1-4-5-12-33-22-8-6-18(7-9-22)25(30)28-26-27-21(17-34-26)16-29-11-10-19-13-23(31-2)24(32-3)14-20(19)15-29/h6-9,13-14,17H,4-5,10-12,15-16H2,1-3H3,(H,27,28,30). The molecular weight excluding hydrogens is 450 g/mol. The van der Waals surface area contributed by atoms with Crippen LogP contribution in [0.4, 0.5) is 5.13 Å². The highest BCUT2D eigenvalue weighted by Crippen LogP contribution is 2.33. The molecule has 34 heavy (non-hydrogen) atoms. The third-order valence-electron chi connectivity index (χ3n) is 5.84. The molecule has 1 amide bonds. The fourth-order valence-electron chi connectivity index (χ4n) is 3.95. The third kappa shape index (κ3) is 5.87. The summed E-state index contributed by atoms with van der Waals surface area (Å²) in [5.74, 6) is 2.13. The minimum atomic E-state index is -0.172. The first kappa shape index (κ1) is 24.0. The highest BCUT2D eigenvalue weighted by Gasteiger charge is 2.20. The Kier molecular flexibility index (Phi) is 8.03. The summed E-state index contributed by atoms with van der Waals surface area (Å²) < 4.78 is 16.5. The Morgan fingerprint density at radius 1 is 1.12 bits per heavy atom. The van der Waals surface area contributed by atoms with E-state index in [1.807, 2.05) is 17.5 Å². The summed E-state index contributed by atoms with van der Waals surface area (Å²) in [6.07, 6.45) is 3.05. The highest BCUT2D eigenvalue weighted by atomic mass is 32.1. The van der Waals surface area contributed by atoms with Gasteiger partial charge in [-0.3, -0.25) is 15.0 Å². The fraction of sp³-hybridized carbons (Fsp3) is 0.385. The number of carbonyl (C=O) groups excluding carboxylic acids is 1. The normalized spacial score (nSPS) is 13.3. The molecule has 1 aliphatic heterocycles. The third-order valence-corrected chi connectivity index (χ3v) is 6.64. The van der Waals surface area contributed by atoms with E-state index < -0.39 is 0 Å². The molecule has 4 rings (SSSR count). The van der Waals surface area contributed by atoms with Crippen LogP contribution in [0, 0.1) is 0 Å². The molecule has 2 heterocycles. The molecule has 0 aliphatic carbocycles. The predicted molar refractivity (Wildman–Crippen MR) is 134 cm³/mol. The minimum absolute atomic E-state index is 0.172. The molecule has 8 heteroatoms. The highest BCUT2D eigenvalue weighted by molar-refractivity contribution is 7.14. The van der Waals surface area contributed by atoms with Crippen LogP contribution in [0.25, 0.3) is 0 Å². The first-order valence-corrected chi connectivity index (χ1v) is 12.4. The molecule has 1 aliphatic rings. The summed E-state index contributed by atoms with van der Waals surface area (Å²) in [7, 11) is 3.32. The van der Waals surface area contributed by atoms with Crippen LogP contribution in [0.15, 0.2) is 41.8 Å². The maximum absolute atomic E-state index is 12.6. The number of nitrogens with one attached hydrogen (secondary N) is 1. The van der Waals surface area contributed by atoms with Crippen molar-refractivity contribution in [3.8, 4) is 17.2 Å². The van der Waals surface area contributed by atoms with E-state index in [0.717, 1.165) is 61.8 Å². The Labute approximate surface area is 204 Å². The second kappa shape index (κ2) is 11.4. The van der Waals surface area contributed by atoms with Gasteiger partial charge < -0.3 is 14.2 Å². The van der Waals surface area contributed by atoms with Crippen LogP contribution in [0.1, 0.15) is 46.9 Å². The van der Waals surface area contributed by atoms with Gasteiger partial charge in [0, 0.05) is 30.6 Å². The molecule has 0 saturated heterocycles. The summed E-state index contributed by atoms with van der Waals surface area (Å²) in [5, 5.41) is 5.52. The molecule has 0 fully saturated rings. The molecule has 0 spiro atoms. The summed E-state index contributed by atoms with van der Waals surface area (Å²) in [6.45, 7) is 5.30. The quantitative estimate of drug-likeness (QED) is 0.404. The van der Waals surface area contributed by atoms with E-state index in [-0.39, 0.29) is 5.91 Å².